The molecule has 2 unspecified atom stereocenters. The highest BCUT2D eigenvalue weighted by molar-refractivity contribution is 5.94. The molecule has 0 spiro atoms. The Labute approximate surface area is 155 Å². The van der Waals surface area contributed by atoms with E-state index in [9.17, 15) is 24.8 Å². The minimum atomic E-state index is -0.904. The van der Waals surface area contributed by atoms with Gasteiger partial charge < -0.3 is 10.4 Å². The molecule has 1 aliphatic carbocycles. The van der Waals surface area contributed by atoms with Gasteiger partial charge in [0.05, 0.1) is 33.8 Å². The van der Waals surface area contributed by atoms with Crippen molar-refractivity contribution in [1.82, 2.24) is 15.1 Å². The van der Waals surface area contributed by atoms with E-state index in [1.165, 1.54) is 41.3 Å². The minimum Gasteiger partial charge on any atom is -0.481 e. The zero-order chi connectivity index (χ0) is 19.6. The van der Waals surface area contributed by atoms with Crippen LogP contribution < -0.4 is 5.32 Å². The molecule has 2 aromatic rings. The molecule has 1 heterocycles. The summed E-state index contributed by atoms with van der Waals surface area (Å²) >= 11 is 0. The van der Waals surface area contributed by atoms with Crippen LogP contribution in [0.25, 0.3) is 5.69 Å². The third-order valence-electron chi connectivity index (χ3n) is 5.08. The molecule has 1 fully saturated rings. The number of carbonyl (C=O) groups excluding carboxylic acids is 1. The second-order valence-electron chi connectivity index (χ2n) is 6.96. The molecule has 27 heavy (non-hydrogen) atoms. The summed E-state index contributed by atoms with van der Waals surface area (Å²) in [5, 5.41) is 27.2. The number of carboxylic acid groups (broad SMARTS) is 1. The third-order valence-corrected chi connectivity index (χ3v) is 5.08. The Morgan fingerprint density at radius 1 is 1.33 bits per heavy atom. The minimum absolute atomic E-state index is 0.0335. The molecule has 1 amide bonds. The Kier molecular flexibility index (Phi) is 4.93. The Hall–Kier alpha value is -3.23. The molecule has 0 radical (unpaired) electrons. The number of aliphatic carboxylic acids is 1. The number of nitrogens with zero attached hydrogens (tertiary/aromatic N) is 3. The number of nitro benzene ring substituents is 1. The topological polar surface area (TPSA) is 127 Å². The molecule has 1 aliphatic rings. The van der Waals surface area contributed by atoms with E-state index in [2.05, 4.69) is 10.4 Å². The molecular weight excluding hydrogens is 352 g/mol. The smallest absolute Gasteiger partial charge is 0.308 e. The molecule has 1 aromatic carbocycles. The van der Waals surface area contributed by atoms with Gasteiger partial charge in [-0.1, -0.05) is 12.8 Å². The van der Waals surface area contributed by atoms with Gasteiger partial charge in [0.15, 0.2) is 0 Å². The lowest BCUT2D eigenvalue weighted by molar-refractivity contribution is -0.384. The van der Waals surface area contributed by atoms with E-state index in [-0.39, 0.29) is 11.6 Å². The van der Waals surface area contributed by atoms with Crippen molar-refractivity contribution >= 4 is 17.6 Å². The molecule has 2 atom stereocenters. The lowest BCUT2D eigenvalue weighted by atomic mass is 9.74. The molecule has 0 saturated heterocycles. The van der Waals surface area contributed by atoms with E-state index < -0.39 is 22.3 Å². The molecular formula is C18H20N4O5. The standard InChI is InChI=1S/C18H20N4O5/c1-18(9-3-2-4-15(18)17(24)25)20-16(23)12-10-19-21(11-12)13-5-7-14(8-6-13)22(26)27/h5-8,10-11,15H,2-4,9H2,1H3,(H,20,23)(H,24,25). The van der Waals surface area contributed by atoms with E-state index in [4.69, 9.17) is 0 Å². The van der Waals surface area contributed by atoms with E-state index in [1.807, 2.05) is 0 Å². The van der Waals surface area contributed by atoms with Crippen LogP contribution in [0.2, 0.25) is 0 Å². The van der Waals surface area contributed by atoms with Crippen molar-refractivity contribution in [2.24, 2.45) is 5.92 Å². The van der Waals surface area contributed by atoms with Crippen LogP contribution in [0.1, 0.15) is 43.0 Å². The fourth-order valence-electron chi connectivity index (χ4n) is 3.52. The van der Waals surface area contributed by atoms with Crippen LogP contribution in [0.15, 0.2) is 36.7 Å². The monoisotopic (exact) mass is 372 g/mol. The first kappa shape index (κ1) is 18.6. The fraction of sp³-hybridized carbons (Fsp3) is 0.389. The molecule has 0 bridgehead atoms. The zero-order valence-corrected chi connectivity index (χ0v) is 14.8. The van der Waals surface area contributed by atoms with Gasteiger partial charge in [0.25, 0.3) is 11.6 Å². The average molecular weight is 372 g/mol. The number of amides is 1. The highest BCUT2D eigenvalue weighted by Gasteiger charge is 2.42. The van der Waals surface area contributed by atoms with Gasteiger partial charge in [0.2, 0.25) is 0 Å². The largest absolute Gasteiger partial charge is 0.481 e. The molecule has 9 nitrogen and oxygen atoms in total. The van der Waals surface area contributed by atoms with E-state index in [0.717, 1.165) is 12.8 Å². The number of benzene rings is 1. The van der Waals surface area contributed by atoms with E-state index in [1.54, 1.807) is 6.92 Å². The predicted octanol–water partition coefficient (Wildman–Crippen LogP) is 2.54. The third kappa shape index (κ3) is 3.81. The quantitative estimate of drug-likeness (QED) is 0.613. The summed E-state index contributed by atoms with van der Waals surface area (Å²) in [6, 6.07) is 5.79. The lowest BCUT2D eigenvalue weighted by Gasteiger charge is -2.39. The average Bonchev–Trinajstić information content (AvgIpc) is 3.12. The number of aromatic nitrogens is 2. The van der Waals surface area contributed by atoms with Gasteiger partial charge in [0.1, 0.15) is 0 Å². The van der Waals surface area contributed by atoms with Gasteiger partial charge >= 0.3 is 5.97 Å². The van der Waals surface area contributed by atoms with Crippen LogP contribution in [-0.4, -0.2) is 37.2 Å². The summed E-state index contributed by atoms with van der Waals surface area (Å²) in [5.74, 6) is -1.92. The number of rotatable bonds is 5. The Balaban J connectivity index is 1.76. The highest BCUT2D eigenvalue weighted by atomic mass is 16.6. The van der Waals surface area contributed by atoms with Gasteiger partial charge in [-0.2, -0.15) is 5.10 Å². The van der Waals surface area contributed by atoms with E-state index in [0.29, 0.717) is 24.1 Å². The molecule has 9 heteroatoms. The van der Waals surface area contributed by atoms with Crippen LogP contribution in [0.5, 0.6) is 0 Å². The van der Waals surface area contributed by atoms with E-state index >= 15 is 0 Å². The Morgan fingerprint density at radius 2 is 2.04 bits per heavy atom. The number of carboxylic acids is 1. The van der Waals surface area contributed by atoms with Gasteiger partial charge in [-0.3, -0.25) is 19.7 Å². The van der Waals surface area contributed by atoms with Crippen molar-refractivity contribution in [2.75, 3.05) is 0 Å². The lowest BCUT2D eigenvalue weighted by Crippen LogP contribution is -2.55. The molecule has 0 aliphatic heterocycles. The second kappa shape index (κ2) is 7.18. The van der Waals surface area contributed by atoms with Crippen LogP contribution >= 0.6 is 0 Å². The fourth-order valence-corrected chi connectivity index (χ4v) is 3.52. The molecule has 1 saturated carbocycles. The van der Waals surface area contributed by atoms with Crippen LogP contribution in [0.3, 0.4) is 0 Å². The zero-order valence-electron chi connectivity index (χ0n) is 14.8. The number of hydrogen-bond acceptors (Lipinski definition) is 5. The van der Waals surface area contributed by atoms with Crippen molar-refractivity contribution in [1.29, 1.82) is 0 Å². The summed E-state index contributed by atoms with van der Waals surface area (Å²) in [7, 11) is 0. The number of nitrogens with one attached hydrogen (secondary N) is 1. The predicted molar refractivity (Wildman–Crippen MR) is 95.7 cm³/mol. The summed E-state index contributed by atoms with van der Waals surface area (Å²) in [5.41, 5.74) is 0.0291. The first-order valence-corrected chi connectivity index (χ1v) is 8.65. The van der Waals surface area contributed by atoms with Crippen LogP contribution in [-0.2, 0) is 4.79 Å². The summed E-state index contributed by atoms with van der Waals surface area (Å²) in [6.45, 7) is 1.77. The first-order chi connectivity index (χ1) is 12.8. The van der Waals surface area contributed by atoms with Crippen molar-refractivity contribution in [3.05, 3.63) is 52.3 Å². The maximum atomic E-state index is 12.6. The maximum Gasteiger partial charge on any atom is 0.308 e. The van der Waals surface area contributed by atoms with Crippen molar-refractivity contribution in [3.8, 4) is 5.69 Å². The number of hydrogen-bond donors (Lipinski definition) is 2. The van der Waals surface area contributed by atoms with Gasteiger partial charge in [-0.05, 0) is 31.9 Å². The molecule has 3 rings (SSSR count). The molecule has 142 valence electrons. The summed E-state index contributed by atoms with van der Waals surface area (Å²) in [6.07, 6.45) is 5.74. The van der Waals surface area contributed by atoms with Crippen LogP contribution in [0, 0.1) is 16.0 Å². The summed E-state index contributed by atoms with van der Waals surface area (Å²) in [4.78, 5) is 34.4. The first-order valence-electron chi connectivity index (χ1n) is 8.65. The van der Waals surface area contributed by atoms with Gasteiger partial charge in [-0.15, -0.1) is 0 Å². The second-order valence-corrected chi connectivity index (χ2v) is 6.96. The van der Waals surface area contributed by atoms with Crippen molar-refractivity contribution < 1.29 is 19.6 Å². The number of carbonyl (C=O) groups is 2. The maximum absolute atomic E-state index is 12.6. The normalized spacial score (nSPS) is 22.2. The number of non-ortho nitro benzene ring substituents is 1. The Morgan fingerprint density at radius 3 is 2.67 bits per heavy atom. The van der Waals surface area contributed by atoms with Gasteiger partial charge in [0, 0.05) is 18.3 Å². The Bertz CT molecular complexity index is 876. The SMILES string of the molecule is CC1(NC(=O)c2cnn(-c3ccc([N+](=O)[O-])cc3)c2)CCCCC1C(=O)O. The van der Waals surface area contributed by atoms with Crippen molar-refractivity contribution in [3.63, 3.8) is 0 Å². The highest BCUT2D eigenvalue weighted by Crippen LogP contribution is 2.34. The summed E-state index contributed by atoms with van der Waals surface area (Å²) < 4.78 is 1.44. The van der Waals surface area contributed by atoms with Crippen molar-refractivity contribution in [2.45, 2.75) is 38.1 Å². The molecule has 1 aromatic heterocycles. The molecule has 2 N–H and O–H groups in total. The van der Waals surface area contributed by atoms with Crippen LogP contribution in [0.4, 0.5) is 5.69 Å². The van der Waals surface area contributed by atoms with Gasteiger partial charge in [-0.25, -0.2) is 4.68 Å². The number of nitro groups is 1.